The third-order valence-corrected chi connectivity index (χ3v) is 4.94. The zero-order valence-electron chi connectivity index (χ0n) is 8.13. The minimum Gasteiger partial charge on any atom is -0.129 e. The van der Waals surface area contributed by atoms with Crippen molar-refractivity contribution in [2.45, 2.75) is 16.5 Å². The van der Waals surface area contributed by atoms with Crippen molar-refractivity contribution < 1.29 is 0 Å². The number of hydrogen-bond acceptors (Lipinski definition) is 2. The highest BCUT2D eigenvalue weighted by atomic mass is 79.9. The van der Waals surface area contributed by atoms with E-state index in [9.17, 15) is 0 Å². The Morgan fingerprint density at radius 1 is 1.36 bits per heavy atom. The van der Waals surface area contributed by atoms with Crippen LogP contribution in [-0.4, -0.2) is 6.26 Å². The molecule has 0 unspecified atom stereocenters. The van der Waals surface area contributed by atoms with Crippen LogP contribution in [0.5, 0.6) is 0 Å². The number of benzene rings is 1. The van der Waals surface area contributed by atoms with Gasteiger partial charge in [0.2, 0.25) is 0 Å². The van der Waals surface area contributed by atoms with Gasteiger partial charge in [-0.25, -0.2) is 0 Å². The van der Waals surface area contributed by atoms with Gasteiger partial charge in [0.1, 0.15) is 0 Å². The van der Waals surface area contributed by atoms with Crippen molar-refractivity contribution in [2.24, 2.45) is 0 Å². The molecule has 2 rings (SSSR count). The van der Waals surface area contributed by atoms with E-state index in [1.54, 1.807) is 0 Å². The van der Waals surface area contributed by atoms with Gasteiger partial charge >= 0.3 is 0 Å². The molecule has 74 valence electrons. The Balaban J connectivity index is 2.71. The van der Waals surface area contributed by atoms with Gasteiger partial charge in [0.15, 0.2) is 0 Å². The van der Waals surface area contributed by atoms with Crippen molar-refractivity contribution in [3.63, 3.8) is 0 Å². The van der Waals surface area contributed by atoms with E-state index in [0.29, 0.717) is 0 Å². The minimum absolute atomic E-state index is 0.940. The first-order valence-electron chi connectivity index (χ1n) is 4.37. The largest absolute Gasteiger partial charge is 0.129 e. The van der Waals surface area contributed by atoms with Crippen LogP contribution < -0.4 is 0 Å². The van der Waals surface area contributed by atoms with E-state index >= 15 is 0 Å². The van der Waals surface area contributed by atoms with Crippen molar-refractivity contribution in [2.75, 3.05) is 6.26 Å². The summed E-state index contributed by atoms with van der Waals surface area (Å²) in [5.41, 5.74) is 2.75. The third-order valence-electron chi connectivity index (χ3n) is 2.19. The summed E-state index contributed by atoms with van der Waals surface area (Å²) in [6.07, 6.45) is 2.13. The molecular formula is C11H11BrS2. The quantitative estimate of drug-likeness (QED) is 0.563. The van der Waals surface area contributed by atoms with Crippen LogP contribution in [0.4, 0.5) is 0 Å². The average Bonchev–Trinajstić information content (AvgIpc) is 2.59. The zero-order valence-corrected chi connectivity index (χ0v) is 11.4. The van der Waals surface area contributed by atoms with Crippen molar-refractivity contribution in [3.05, 3.63) is 29.3 Å². The fourth-order valence-electron chi connectivity index (χ4n) is 1.55. The van der Waals surface area contributed by atoms with E-state index < -0.39 is 0 Å². The van der Waals surface area contributed by atoms with Crippen molar-refractivity contribution in [3.8, 4) is 0 Å². The molecule has 0 amide bonds. The van der Waals surface area contributed by atoms with Gasteiger partial charge in [-0.1, -0.05) is 22.0 Å². The van der Waals surface area contributed by atoms with E-state index in [2.05, 4.69) is 47.3 Å². The predicted octanol–water partition coefficient (Wildman–Crippen LogP) is 4.83. The first-order valence-corrected chi connectivity index (χ1v) is 7.54. The Morgan fingerprint density at radius 3 is 2.79 bits per heavy atom. The Labute approximate surface area is 101 Å². The highest BCUT2D eigenvalue weighted by Gasteiger charge is 2.05. The molecule has 0 saturated carbocycles. The molecule has 1 heterocycles. The predicted molar refractivity (Wildman–Crippen MR) is 71.0 cm³/mol. The molecule has 0 bridgehead atoms. The number of alkyl halides is 1. The molecule has 0 aliphatic carbocycles. The number of aryl methyl sites for hydroxylation is 1. The molecule has 14 heavy (non-hydrogen) atoms. The van der Waals surface area contributed by atoms with Crippen molar-refractivity contribution in [1.82, 2.24) is 0 Å². The van der Waals surface area contributed by atoms with Gasteiger partial charge in [0.25, 0.3) is 0 Å². The molecule has 0 N–H and O–H groups in total. The highest BCUT2D eigenvalue weighted by Crippen LogP contribution is 2.35. The third kappa shape index (κ3) is 1.86. The van der Waals surface area contributed by atoms with Gasteiger partial charge in [0.05, 0.1) is 4.21 Å². The lowest BCUT2D eigenvalue weighted by Gasteiger charge is -2.00. The van der Waals surface area contributed by atoms with E-state index in [1.165, 1.54) is 25.4 Å². The molecule has 0 radical (unpaired) electrons. The summed E-state index contributed by atoms with van der Waals surface area (Å²) >= 11 is 7.25. The maximum absolute atomic E-state index is 3.54. The van der Waals surface area contributed by atoms with Gasteiger partial charge < -0.3 is 0 Å². The maximum atomic E-state index is 3.54. The van der Waals surface area contributed by atoms with Crippen molar-refractivity contribution >= 4 is 49.1 Å². The number of halogens is 1. The lowest BCUT2D eigenvalue weighted by Crippen LogP contribution is -1.80. The summed E-state index contributed by atoms with van der Waals surface area (Å²) in [5, 5.41) is 2.34. The summed E-state index contributed by atoms with van der Waals surface area (Å²) in [6, 6.07) is 6.82. The van der Waals surface area contributed by atoms with Crippen molar-refractivity contribution in [1.29, 1.82) is 0 Å². The fourth-order valence-corrected chi connectivity index (χ4v) is 3.79. The van der Waals surface area contributed by atoms with Gasteiger partial charge in [-0.3, -0.25) is 0 Å². The van der Waals surface area contributed by atoms with E-state index in [0.717, 1.165) is 5.33 Å². The Bertz CT molecular complexity index is 460. The number of thiophene rings is 1. The summed E-state index contributed by atoms with van der Waals surface area (Å²) in [6.45, 7) is 2.16. The molecule has 0 atom stereocenters. The summed E-state index contributed by atoms with van der Waals surface area (Å²) in [7, 11) is 0. The Kier molecular flexibility index (Phi) is 3.20. The lowest BCUT2D eigenvalue weighted by atomic mass is 10.1. The molecule has 0 fully saturated rings. The van der Waals surface area contributed by atoms with Gasteiger partial charge in [0, 0.05) is 10.0 Å². The second kappa shape index (κ2) is 4.25. The molecular weight excluding hydrogens is 276 g/mol. The molecule has 0 aliphatic rings. The van der Waals surface area contributed by atoms with Crippen LogP contribution in [0.25, 0.3) is 10.1 Å². The molecule has 1 aromatic heterocycles. The first kappa shape index (κ1) is 10.5. The number of rotatable bonds is 2. The summed E-state index contributed by atoms with van der Waals surface area (Å²) in [5.74, 6) is 0. The number of thioether (sulfide) groups is 1. The number of hydrogen-bond donors (Lipinski definition) is 0. The summed E-state index contributed by atoms with van der Waals surface area (Å²) in [4.78, 5) is 0. The topological polar surface area (TPSA) is 0 Å². The Morgan fingerprint density at radius 2 is 2.14 bits per heavy atom. The van der Waals surface area contributed by atoms with Gasteiger partial charge in [-0.2, -0.15) is 0 Å². The Hall–Kier alpha value is 0.01000. The number of fused-ring (bicyclic) bond motifs is 1. The molecule has 0 spiro atoms. The van der Waals surface area contributed by atoms with Crippen LogP contribution in [0.3, 0.4) is 0 Å². The van der Waals surface area contributed by atoms with Crippen LogP contribution in [-0.2, 0) is 5.33 Å². The maximum Gasteiger partial charge on any atom is 0.0608 e. The molecule has 0 nitrogen and oxygen atoms in total. The minimum atomic E-state index is 0.940. The zero-order chi connectivity index (χ0) is 10.1. The van der Waals surface area contributed by atoms with Gasteiger partial charge in [-0.15, -0.1) is 23.1 Å². The van der Waals surface area contributed by atoms with E-state index in [4.69, 9.17) is 0 Å². The monoisotopic (exact) mass is 286 g/mol. The van der Waals surface area contributed by atoms with Crippen LogP contribution in [0, 0.1) is 6.92 Å². The van der Waals surface area contributed by atoms with Crippen LogP contribution in [0.2, 0.25) is 0 Å². The smallest absolute Gasteiger partial charge is 0.0608 e. The first-order chi connectivity index (χ1) is 6.74. The normalized spacial score (nSPS) is 11.1. The van der Waals surface area contributed by atoms with Crippen LogP contribution in [0.15, 0.2) is 22.4 Å². The second-order valence-corrected chi connectivity index (χ2v) is 5.99. The van der Waals surface area contributed by atoms with Crippen LogP contribution >= 0.6 is 39.0 Å². The standard InChI is InChI=1S/C11H11BrS2/c1-7-3-8(6-12)9-5-11(13-2)14-10(9)4-7/h3-5H,6H2,1-2H3. The summed E-state index contributed by atoms with van der Waals surface area (Å²) < 4.78 is 2.80. The molecule has 2 aromatic rings. The van der Waals surface area contributed by atoms with E-state index in [1.807, 2.05) is 23.1 Å². The van der Waals surface area contributed by atoms with Crippen LogP contribution in [0.1, 0.15) is 11.1 Å². The SMILES string of the molecule is CSc1cc2c(CBr)cc(C)cc2s1. The van der Waals surface area contributed by atoms with E-state index in [-0.39, 0.29) is 0 Å². The molecule has 0 saturated heterocycles. The molecule has 1 aromatic carbocycles. The van der Waals surface area contributed by atoms with Gasteiger partial charge in [-0.05, 0) is 41.8 Å². The molecule has 0 aliphatic heterocycles. The lowest BCUT2D eigenvalue weighted by molar-refractivity contribution is 1.42. The highest BCUT2D eigenvalue weighted by molar-refractivity contribution is 9.08. The average molecular weight is 287 g/mol. The second-order valence-electron chi connectivity index (χ2n) is 3.24. The fraction of sp³-hybridized carbons (Fsp3) is 0.273. The molecule has 3 heteroatoms.